The Balaban J connectivity index is 0.00000196. The molecule has 90 valence electrons. The fourth-order valence-electron chi connectivity index (χ4n) is 1.46. The van der Waals surface area contributed by atoms with Gasteiger partial charge in [0.25, 0.3) is 0 Å². The van der Waals surface area contributed by atoms with Crippen LogP contribution in [0.5, 0.6) is 0 Å². The molecule has 2 N–H and O–H groups in total. The molecular weight excluding hydrogens is 216 g/mol. The number of rotatable bonds is 1. The van der Waals surface area contributed by atoms with Crippen LogP contribution < -0.4 is 10.6 Å². The quantitative estimate of drug-likeness (QED) is 0.726. The molecule has 0 unspecified atom stereocenters. The Morgan fingerprint density at radius 2 is 2.00 bits per heavy atom. The van der Waals surface area contributed by atoms with Gasteiger partial charge in [0, 0.05) is 12.6 Å². The number of carbonyl (C=O) groups is 1. The number of ether oxygens (including phenoxy) is 1. The van der Waals surface area contributed by atoms with E-state index in [4.69, 9.17) is 4.74 Å². The van der Waals surface area contributed by atoms with Crippen LogP contribution >= 0.6 is 12.4 Å². The Hall–Kier alpha value is -0.480. The van der Waals surface area contributed by atoms with E-state index in [1.165, 1.54) is 0 Å². The van der Waals surface area contributed by atoms with E-state index in [0.29, 0.717) is 5.92 Å². The third kappa shape index (κ3) is 5.23. The van der Waals surface area contributed by atoms with Crippen LogP contribution in [-0.2, 0) is 4.74 Å². The van der Waals surface area contributed by atoms with E-state index < -0.39 is 5.60 Å². The highest BCUT2D eigenvalue weighted by Crippen LogP contribution is 2.10. The van der Waals surface area contributed by atoms with Gasteiger partial charge in [-0.05, 0) is 33.2 Å². The van der Waals surface area contributed by atoms with E-state index >= 15 is 0 Å². The highest BCUT2D eigenvalue weighted by atomic mass is 35.5. The lowest BCUT2D eigenvalue weighted by Crippen LogP contribution is -2.42. The van der Waals surface area contributed by atoms with Gasteiger partial charge >= 0.3 is 6.09 Å². The Morgan fingerprint density at radius 1 is 1.40 bits per heavy atom. The molecule has 1 aliphatic rings. The Labute approximate surface area is 97.5 Å². The van der Waals surface area contributed by atoms with Crippen LogP contribution in [0.1, 0.15) is 27.7 Å². The fraction of sp³-hybridized carbons (Fsp3) is 0.900. The van der Waals surface area contributed by atoms with Crippen molar-refractivity contribution in [1.82, 2.24) is 10.6 Å². The van der Waals surface area contributed by atoms with Crippen LogP contribution in [0.15, 0.2) is 0 Å². The average Bonchev–Trinajstić information content (AvgIpc) is 2.32. The van der Waals surface area contributed by atoms with Gasteiger partial charge in [-0.1, -0.05) is 6.92 Å². The zero-order valence-electron chi connectivity index (χ0n) is 9.79. The average molecular weight is 237 g/mol. The minimum atomic E-state index is -0.417. The molecule has 4 nitrogen and oxygen atoms in total. The van der Waals surface area contributed by atoms with E-state index in [1.54, 1.807) is 0 Å². The second-order valence-electron chi connectivity index (χ2n) is 4.89. The molecule has 0 bridgehead atoms. The number of nitrogens with one attached hydrogen (secondary N) is 2. The SMILES string of the molecule is C[C@H]1CNC[C@H]1NC(=O)OC(C)(C)C.Cl. The lowest BCUT2D eigenvalue weighted by Gasteiger charge is -2.22. The second-order valence-corrected chi connectivity index (χ2v) is 4.89. The summed E-state index contributed by atoms with van der Waals surface area (Å²) in [5, 5.41) is 6.08. The van der Waals surface area contributed by atoms with Gasteiger partial charge in [-0.2, -0.15) is 0 Å². The van der Waals surface area contributed by atoms with Gasteiger partial charge in [-0.3, -0.25) is 0 Å². The normalized spacial score (nSPS) is 25.6. The van der Waals surface area contributed by atoms with E-state index in [2.05, 4.69) is 17.6 Å². The van der Waals surface area contributed by atoms with Gasteiger partial charge in [0.1, 0.15) is 5.60 Å². The van der Waals surface area contributed by atoms with Crippen molar-refractivity contribution in [2.24, 2.45) is 5.92 Å². The number of amides is 1. The molecule has 0 aliphatic carbocycles. The monoisotopic (exact) mass is 236 g/mol. The summed E-state index contributed by atoms with van der Waals surface area (Å²) in [6.07, 6.45) is -0.321. The maximum absolute atomic E-state index is 11.4. The molecule has 1 rings (SSSR count). The lowest BCUT2D eigenvalue weighted by molar-refractivity contribution is 0.0499. The summed E-state index contributed by atoms with van der Waals surface area (Å²) in [5.41, 5.74) is -0.417. The Morgan fingerprint density at radius 3 is 2.40 bits per heavy atom. The van der Waals surface area contributed by atoms with Crippen molar-refractivity contribution in [2.75, 3.05) is 13.1 Å². The molecular formula is C10H21ClN2O2. The van der Waals surface area contributed by atoms with E-state index in [1.807, 2.05) is 20.8 Å². The molecule has 5 heteroatoms. The summed E-state index contributed by atoms with van der Waals surface area (Å²) in [6, 6.07) is 0.199. The van der Waals surface area contributed by atoms with E-state index in [-0.39, 0.29) is 24.5 Å². The second kappa shape index (κ2) is 5.56. The zero-order valence-corrected chi connectivity index (χ0v) is 10.6. The number of halogens is 1. The third-order valence-electron chi connectivity index (χ3n) is 2.22. The third-order valence-corrected chi connectivity index (χ3v) is 2.22. The summed E-state index contributed by atoms with van der Waals surface area (Å²) in [6.45, 7) is 9.50. The van der Waals surface area contributed by atoms with Crippen molar-refractivity contribution in [3.8, 4) is 0 Å². The van der Waals surface area contributed by atoms with Crippen LogP contribution in [0.25, 0.3) is 0 Å². The first kappa shape index (κ1) is 14.5. The summed E-state index contributed by atoms with van der Waals surface area (Å²) in [4.78, 5) is 11.4. The zero-order chi connectivity index (χ0) is 10.8. The topological polar surface area (TPSA) is 50.4 Å². The summed E-state index contributed by atoms with van der Waals surface area (Å²) in [5.74, 6) is 0.475. The first-order chi connectivity index (χ1) is 6.38. The van der Waals surface area contributed by atoms with Crippen molar-refractivity contribution in [3.05, 3.63) is 0 Å². The molecule has 0 aromatic carbocycles. The van der Waals surface area contributed by atoms with Crippen LogP contribution in [0.3, 0.4) is 0 Å². The molecule has 1 saturated heterocycles. The number of hydrogen-bond acceptors (Lipinski definition) is 3. The molecule has 15 heavy (non-hydrogen) atoms. The highest BCUT2D eigenvalue weighted by molar-refractivity contribution is 5.85. The van der Waals surface area contributed by atoms with Crippen LogP contribution in [-0.4, -0.2) is 30.8 Å². The molecule has 1 heterocycles. The standard InChI is InChI=1S/C10H20N2O2.ClH/c1-7-5-11-6-8(7)12-9(13)14-10(2,3)4;/h7-8,11H,5-6H2,1-4H3,(H,12,13);1H/t7-,8+;/m0./s1. The fourth-order valence-corrected chi connectivity index (χ4v) is 1.46. The molecule has 0 aromatic heterocycles. The molecule has 2 atom stereocenters. The first-order valence-corrected chi connectivity index (χ1v) is 5.09. The predicted molar refractivity (Wildman–Crippen MR) is 62.4 cm³/mol. The first-order valence-electron chi connectivity index (χ1n) is 5.09. The van der Waals surface area contributed by atoms with Gasteiger partial charge in [-0.15, -0.1) is 12.4 Å². The Bertz CT molecular complexity index is 216. The molecule has 1 amide bonds. The maximum atomic E-state index is 11.4. The van der Waals surface area contributed by atoms with Crippen molar-refractivity contribution in [1.29, 1.82) is 0 Å². The van der Waals surface area contributed by atoms with Gasteiger partial charge < -0.3 is 15.4 Å². The van der Waals surface area contributed by atoms with Crippen LogP contribution in [0.2, 0.25) is 0 Å². The highest BCUT2D eigenvalue weighted by Gasteiger charge is 2.26. The minimum absolute atomic E-state index is 0. The molecule has 1 aliphatic heterocycles. The van der Waals surface area contributed by atoms with Crippen molar-refractivity contribution in [3.63, 3.8) is 0 Å². The van der Waals surface area contributed by atoms with Crippen LogP contribution in [0, 0.1) is 5.92 Å². The molecule has 0 radical (unpaired) electrons. The van der Waals surface area contributed by atoms with Crippen molar-refractivity contribution >= 4 is 18.5 Å². The minimum Gasteiger partial charge on any atom is -0.444 e. The Kier molecular flexibility index (Phi) is 5.38. The molecule has 0 spiro atoms. The summed E-state index contributed by atoms with van der Waals surface area (Å²) in [7, 11) is 0. The van der Waals surface area contributed by atoms with Gasteiger partial charge in [0.05, 0.1) is 0 Å². The van der Waals surface area contributed by atoms with Gasteiger partial charge in [-0.25, -0.2) is 4.79 Å². The van der Waals surface area contributed by atoms with Gasteiger partial charge in [0.2, 0.25) is 0 Å². The molecule has 1 fully saturated rings. The predicted octanol–water partition coefficient (Wildman–Crippen LogP) is 1.54. The summed E-state index contributed by atoms with van der Waals surface area (Å²) >= 11 is 0. The van der Waals surface area contributed by atoms with Crippen LogP contribution in [0.4, 0.5) is 4.79 Å². The van der Waals surface area contributed by atoms with Crippen molar-refractivity contribution < 1.29 is 9.53 Å². The molecule has 0 aromatic rings. The molecule has 0 saturated carbocycles. The number of hydrogen-bond donors (Lipinski definition) is 2. The van der Waals surface area contributed by atoms with E-state index in [0.717, 1.165) is 13.1 Å². The van der Waals surface area contributed by atoms with Crippen molar-refractivity contribution in [2.45, 2.75) is 39.3 Å². The lowest BCUT2D eigenvalue weighted by atomic mass is 10.1. The smallest absolute Gasteiger partial charge is 0.407 e. The largest absolute Gasteiger partial charge is 0.444 e. The summed E-state index contributed by atoms with van der Waals surface area (Å²) < 4.78 is 5.17. The van der Waals surface area contributed by atoms with E-state index in [9.17, 15) is 4.79 Å². The maximum Gasteiger partial charge on any atom is 0.407 e. The number of carbonyl (C=O) groups excluding carboxylic acids is 1. The van der Waals surface area contributed by atoms with Gasteiger partial charge in [0.15, 0.2) is 0 Å². The number of alkyl carbamates (subject to hydrolysis) is 1.